The van der Waals surface area contributed by atoms with Crippen molar-refractivity contribution in [3.05, 3.63) is 17.2 Å². The fourth-order valence-electron chi connectivity index (χ4n) is 3.15. The van der Waals surface area contributed by atoms with Crippen LogP contribution in [0.4, 0.5) is 4.79 Å². The SMILES string of the molecule is CCC1CCc2[nH]c(C(CC(C)C)NC(=O)OC(C)(C)C)nc21. The Balaban J connectivity index is 2.14. The van der Waals surface area contributed by atoms with Crippen LogP contribution in [0.3, 0.4) is 0 Å². The summed E-state index contributed by atoms with van der Waals surface area (Å²) in [5.41, 5.74) is 1.94. The summed E-state index contributed by atoms with van der Waals surface area (Å²) >= 11 is 0. The molecule has 2 N–H and O–H groups in total. The Morgan fingerprint density at radius 1 is 1.43 bits per heavy atom. The number of carbonyl (C=O) groups is 1. The molecule has 0 aromatic carbocycles. The van der Waals surface area contributed by atoms with Gasteiger partial charge in [-0.05, 0) is 52.4 Å². The highest BCUT2D eigenvalue weighted by molar-refractivity contribution is 5.68. The van der Waals surface area contributed by atoms with Gasteiger partial charge in [-0.15, -0.1) is 0 Å². The van der Waals surface area contributed by atoms with Crippen molar-refractivity contribution in [2.24, 2.45) is 5.92 Å². The molecule has 0 radical (unpaired) electrons. The number of rotatable bonds is 5. The second kappa shape index (κ2) is 6.93. The number of fused-ring (bicyclic) bond motifs is 1. The van der Waals surface area contributed by atoms with Crippen LogP contribution in [0.5, 0.6) is 0 Å². The van der Waals surface area contributed by atoms with Gasteiger partial charge in [0, 0.05) is 11.6 Å². The number of aromatic amines is 1. The lowest BCUT2D eigenvalue weighted by atomic mass is 10.0. The summed E-state index contributed by atoms with van der Waals surface area (Å²) in [6.45, 7) is 12.1. The van der Waals surface area contributed by atoms with E-state index < -0.39 is 5.60 Å². The highest BCUT2D eigenvalue weighted by Crippen LogP contribution is 2.35. The molecule has 0 aliphatic heterocycles. The molecule has 130 valence electrons. The van der Waals surface area contributed by atoms with Gasteiger partial charge in [0.2, 0.25) is 0 Å². The van der Waals surface area contributed by atoms with Gasteiger partial charge in [-0.1, -0.05) is 20.8 Å². The first kappa shape index (κ1) is 17.8. The molecular formula is C18H31N3O2. The zero-order valence-electron chi connectivity index (χ0n) is 15.3. The number of aryl methyl sites for hydroxylation is 1. The van der Waals surface area contributed by atoms with E-state index in [9.17, 15) is 4.79 Å². The van der Waals surface area contributed by atoms with E-state index in [-0.39, 0.29) is 12.1 Å². The molecule has 1 aromatic rings. The minimum absolute atomic E-state index is 0.132. The average Bonchev–Trinajstić information content (AvgIpc) is 2.94. The van der Waals surface area contributed by atoms with Crippen LogP contribution >= 0.6 is 0 Å². The van der Waals surface area contributed by atoms with E-state index in [2.05, 4.69) is 31.1 Å². The van der Waals surface area contributed by atoms with Gasteiger partial charge in [0.15, 0.2) is 0 Å². The first-order valence-corrected chi connectivity index (χ1v) is 8.77. The molecule has 5 heteroatoms. The zero-order chi connectivity index (χ0) is 17.2. The molecule has 1 aliphatic carbocycles. The highest BCUT2D eigenvalue weighted by atomic mass is 16.6. The maximum atomic E-state index is 12.1. The Hall–Kier alpha value is -1.52. The molecule has 23 heavy (non-hydrogen) atoms. The normalized spacial score (nSPS) is 18.8. The third-order valence-electron chi connectivity index (χ3n) is 4.18. The topological polar surface area (TPSA) is 67.0 Å². The van der Waals surface area contributed by atoms with Crippen LogP contribution in [0.25, 0.3) is 0 Å². The number of hydrogen-bond donors (Lipinski definition) is 2. The summed E-state index contributed by atoms with van der Waals surface area (Å²) < 4.78 is 5.40. The lowest BCUT2D eigenvalue weighted by Crippen LogP contribution is -2.36. The molecule has 0 bridgehead atoms. The first-order valence-electron chi connectivity index (χ1n) is 8.77. The first-order chi connectivity index (χ1) is 10.7. The molecule has 0 fully saturated rings. The van der Waals surface area contributed by atoms with Crippen LogP contribution in [0.15, 0.2) is 0 Å². The van der Waals surface area contributed by atoms with Crippen molar-refractivity contribution >= 4 is 6.09 Å². The second-order valence-electron chi connectivity index (χ2n) is 7.96. The summed E-state index contributed by atoms with van der Waals surface area (Å²) in [6, 6.07) is -0.132. The summed E-state index contributed by atoms with van der Waals surface area (Å²) in [4.78, 5) is 20.4. The summed E-state index contributed by atoms with van der Waals surface area (Å²) in [5, 5.41) is 2.99. The van der Waals surface area contributed by atoms with Gasteiger partial charge in [0.1, 0.15) is 11.4 Å². The number of ether oxygens (including phenoxy) is 1. The molecule has 2 rings (SSSR count). The highest BCUT2D eigenvalue weighted by Gasteiger charge is 2.29. The van der Waals surface area contributed by atoms with Crippen molar-refractivity contribution < 1.29 is 9.53 Å². The Morgan fingerprint density at radius 2 is 2.13 bits per heavy atom. The van der Waals surface area contributed by atoms with E-state index in [4.69, 9.17) is 9.72 Å². The number of nitrogens with one attached hydrogen (secondary N) is 2. The average molecular weight is 321 g/mol. The molecule has 1 heterocycles. The number of amides is 1. The Bertz CT molecular complexity index is 543. The standard InChI is InChI=1S/C18H31N3O2/c1-7-12-8-9-13-15(12)21-16(19-13)14(10-11(2)3)20-17(22)23-18(4,5)6/h11-12,14H,7-10H2,1-6H3,(H,19,21)(H,20,22). The molecule has 2 atom stereocenters. The number of imidazole rings is 1. The van der Waals surface area contributed by atoms with E-state index in [1.807, 2.05) is 20.8 Å². The van der Waals surface area contributed by atoms with Crippen LogP contribution in [-0.4, -0.2) is 21.7 Å². The molecule has 0 saturated carbocycles. The molecule has 1 aliphatic rings. The maximum Gasteiger partial charge on any atom is 0.408 e. The largest absolute Gasteiger partial charge is 0.444 e. The number of hydrogen-bond acceptors (Lipinski definition) is 3. The van der Waals surface area contributed by atoms with Crippen molar-refractivity contribution in [2.75, 3.05) is 0 Å². The fraction of sp³-hybridized carbons (Fsp3) is 0.778. The van der Waals surface area contributed by atoms with Gasteiger partial charge in [-0.3, -0.25) is 0 Å². The van der Waals surface area contributed by atoms with Crippen molar-refractivity contribution in [1.29, 1.82) is 0 Å². The number of nitrogens with zero attached hydrogens (tertiary/aromatic N) is 1. The molecule has 5 nitrogen and oxygen atoms in total. The Labute approximate surface area is 139 Å². The second-order valence-corrected chi connectivity index (χ2v) is 7.96. The van der Waals surface area contributed by atoms with E-state index >= 15 is 0 Å². The lowest BCUT2D eigenvalue weighted by molar-refractivity contribution is 0.0495. The molecule has 1 aromatic heterocycles. The number of aromatic nitrogens is 2. The van der Waals surface area contributed by atoms with Gasteiger partial charge in [-0.25, -0.2) is 9.78 Å². The van der Waals surface area contributed by atoms with Crippen molar-refractivity contribution in [2.45, 2.75) is 84.8 Å². The van der Waals surface area contributed by atoms with Gasteiger partial charge in [0.25, 0.3) is 0 Å². The van der Waals surface area contributed by atoms with Crippen molar-refractivity contribution in [3.8, 4) is 0 Å². The lowest BCUT2D eigenvalue weighted by Gasteiger charge is -2.23. The predicted molar refractivity (Wildman–Crippen MR) is 91.5 cm³/mol. The van der Waals surface area contributed by atoms with Gasteiger partial charge >= 0.3 is 6.09 Å². The smallest absolute Gasteiger partial charge is 0.408 e. The van der Waals surface area contributed by atoms with Crippen LogP contribution < -0.4 is 5.32 Å². The molecule has 0 spiro atoms. The molecule has 0 saturated heterocycles. The van der Waals surface area contributed by atoms with E-state index in [0.717, 1.165) is 25.1 Å². The quantitative estimate of drug-likeness (QED) is 0.841. The van der Waals surface area contributed by atoms with E-state index in [1.54, 1.807) is 0 Å². The van der Waals surface area contributed by atoms with Gasteiger partial charge in [-0.2, -0.15) is 0 Å². The van der Waals surface area contributed by atoms with Crippen LogP contribution in [0.1, 0.15) is 90.0 Å². The predicted octanol–water partition coefficient (Wildman–Crippen LogP) is 4.46. The zero-order valence-corrected chi connectivity index (χ0v) is 15.3. The van der Waals surface area contributed by atoms with E-state index in [0.29, 0.717) is 11.8 Å². The summed E-state index contributed by atoms with van der Waals surface area (Å²) in [5.74, 6) is 1.88. The number of carbonyl (C=O) groups excluding carboxylic acids is 1. The van der Waals surface area contributed by atoms with Crippen molar-refractivity contribution in [3.63, 3.8) is 0 Å². The molecule has 2 unspecified atom stereocenters. The Kier molecular flexibility index (Phi) is 5.37. The monoisotopic (exact) mass is 321 g/mol. The fourth-order valence-corrected chi connectivity index (χ4v) is 3.15. The third-order valence-corrected chi connectivity index (χ3v) is 4.18. The van der Waals surface area contributed by atoms with Crippen LogP contribution in [0, 0.1) is 5.92 Å². The van der Waals surface area contributed by atoms with Crippen LogP contribution in [0.2, 0.25) is 0 Å². The van der Waals surface area contributed by atoms with Crippen molar-refractivity contribution in [1.82, 2.24) is 15.3 Å². The van der Waals surface area contributed by atoms with Gasteiger partial charge in [0.05, 0.1) is 11.7 Å². The van der Waals surface area contributed by atoms with E-state index in [1.165, 1.54) is 17.8 Å². The molecule has 1 amide bonds. The summed E-state index contributed by atoms with van der Waals surface area (Å²) in [6.07, 6.45) is 3.81. The minimum atomic E-state index is -0.495. The number of alkyl carbamates (subject to hydrolysis) is 1. The third kappa shape index (κ3) is 4.72. The maximum absolute atomic E-state index is 12.1. The van der Waals surface area contributed by atoms with Crippen LogP contribution in [-0.2, 0) is 11.2 Å². The summed E-state index contributed by atoms with van der Waals surface area (Å²) in [7, 11) is 0. The minimum Gasteiger partial charge on any atom is -0.444 e. The van der Waals surface area contributed by atoms with Gasteiger partial charge < -0.3 is 15.0 Å². The molecular weight excluding hydrogens is 290 g/mol. The Morgan fingerprint density at radius 3 is 2.70 bits per heavy atom. The number of H-pyrrole nitrogens is 1.